The number of furan rings is 1. The molecule has 0 saturated heterocycles. The van der Waals surface area contributed by atoms with Crippen LogP contribution in [0.3, 0.4) is 0 Å². The molecule has 4 nitrogen and oxygen atoms in total. The van der Waals surface area contributed by atoms with Crippen molar-refractivity contribution in [1.82, 2.24) is 5.32 Å². The minimum absolute atomic E-state index is 0.167. The van der Waals surface area contributed by atoms with Gasteiger partial charge in [-0.2, -0.15) is 11.3 Å². The molecule has 20 heavy (non-hydrogen) atoms. The van der Waals surface area contributed by atoms with E-state index in [1.165, 1.54) is 6.08 Å². The first-order valence-corrected chi connectivity index (χ1v) is 7.22. The van der Waals surface area contributed by atoms with Gasteiger partial charge in [0.25, 0.3) is 0 Å². The van der Waals surface area contributed by atoms with E-state index in [0.29, 0.717) is 12.2 Å². The molecule has 2 N–H and O–H groups in total. The summed E-state index contributed by atoms with van der Waals surface area (Å²) in [4.78, 5) is 11.7. The monoisotopic (exact) mass is 291 g/mol. The van der Waals surface area contributed by atoms with E-state index >= 15 is 0 Å². The minimum Gasteiger partial charge on any atom is -0.469 e. The van der Waals surface area contributed by atoms with Gasteiger partial charge in [0.15, 0.2) is 0 Å². The number of nitrogens with one attached hydrogen (secondary N) is 1. The Morgan fingerprint density at radius 1 is 1.55 bits per heavy atom. The van der Waals surface area contributed by atoms with Crippen LogP contribution in [0.2, 0.25) is 0 Å². The highest BCUT2D eigenvalue weighted by atomic mass is 32.1. The van der Waals surface area contributed by atoms with E-state index in [9.17, 15) is 9.90 Å². The summed E-state index contributed by atoms with van der Waals surface area (Å²) in [5.41, 5.74) is -0.0449. The fourth-order valence-electron chi connectivity index (χ4n) is 1.73. The smallest absolute Gasteiger partial charge is 0.244 e. The van der Waals surface area contributed by atoms with Crippen LogP contribution in [0.5, 0.6) is 0 Å². The highest BCUT2D eigenvalue weighted by molar-refractivity contribution is 7.08. The summed E-state index contributed by atoms with van der Waals surface area (Å²) in [6.07, 6.45) is 5.13. The first kappa shape index (κ1) is 14.6. The highest BCUT2D eigenvalue weighted by Gasteiger charge is 2.22. The van der Waals surface area contributed by atoms with E-state index < -0.39 is 5.60 Å². The van der Waals surface area contributed by atoms with Crippen molar-refractivity contribution in [2.24, 2.45) is 0 Å². The number of carbonyl (C=O) groups is 1. The van der Waals surface area contributed by atoms with E-state index in [1.54, 1.807) is 42.7 Å². The quantitative estimate of drug-likeness (QED) is 0.804. The standard InChI is InChI=1S/C15H17NO3S/c1-15(18,9-13-3-2-7-19-13)11-16-14(17)5-4-12-6-8-20-10-12/h2-8,10,18H,9,11H2,1H3,(H,16,17). The van der Waals surface area contributed by atoms with Gasteiger partial charge in [0.2, 0.25) is 5.91 Å². The molecule has 0 aromatic carbocycles. The maximum absolute atomic E-state index is 11.7. The Morgan fingerprint density at radius 2 is 2.40 bits per heavy atom. The number of rotatable bonds is 6. The van der Waals surface area contributed by atoms with E-state index in [2.05, 4.69) is 5.32 Å². The van der Waals surface area contributed by atoms with Gasteiger partial charge in [-0.05, 0) is 47.5 Å². The SMILES string of the molecule is CC(O)(CNC(=O)C=Cc1ccsc1)Cc1ccco1. The average Bonchev–Trinajstić information content (AvgIpc) is 3.06. The van der Waals surface area contributed by atoms with Gasteiger partial charge in [0.05, 0.1) is 11.9 Å². The molecule has 1 amide bonds. The third kappa shape index (κ3) is 4.68. The lowest BCUT2D eigenvalue weighted by Gasteiger charge is -2.22. The number of hydrogen-bond acceptors (Lipinski definition) is 4. The van der Waals surface area contributed by atoms with Crippen LogP contribution in [-0.4, -0.2) is 23.2 Å². The molecule has 0 aliphatic heterocycles. The van der Waals surface area contributed by atoms with Gasteiger partial charge < -0.3 is 14.8 Å². The van der Waals surface area contributed by atoms with Gasteiger partial charge in [-0.15, -0.1) is 0 Å². The summed E-state index contributed by atoms with van der Waals surface area (Å²) in [5, 5.41) is 16.8. The molecule has 106 valence electrons. The van der Waals surface area contributed by atoms with Gasteiger partial charge >= 0.3 is 0 Å². The number of aliphatic hydroxyl groups is 1. The lowest BCUT2D eigenvalue weighted by molar-refractivity contribution is -0.117. The zero-order valence-corrected chi connectivity index (χ0v) is 12.0. The second-order valence-corrected chi connectivity index (χ2v) is 5.64. The molecule has 0 spiro atoms. The molecule has 0 aliphatic rings. The van der Waals surface area contributed by atoms with E-state index in [4.69, 9.17) is 4.42 Å². The van der Waals surface area contributed by atoms with Crippen molar-refractivity contribution in [2.45, 2.75) is 18.9 Å². The number of amides is 1. The Hall–Kier alpha value is -1.85. The largest absolute Gasteiger partial charge is 0.469 e. The Kier molecular flexibility index (Phi) is 4.76. The van der Waals surface area contributed by atoms with Crippen LogP contribution in [0.4, 0.5) is 0 Å². The van der Waals surface area contributed by atoms with Crippen LogP contribution in [0.1, 0.15) is 18.2 Å². The molecular weight excluding hydrogens is 274 g/mol. The summed E-state index contributed by atoms with van der Waals surface area (Å²) in [5.74, 6) is 0.467. The summed E-state index contributed by atoms with van der Waals surface area (Å²) in [7, 11) is 0. The molecule has 2 heterocycles. The molecule has 2 aromatic heterocycles. The van der Waals surface area contributed by atoms with E-state index in [1.807, 2.05) is 16.8 Å². The maximum atomic E-state index is 11.7. The molecular formula is C15H17NO3S. The third-order valence-electron chi connectivity index (χ3n) is 2.75. The van der Waals surface area contributed by atoms with Gasteiger partial charge in [-0.1, -0.05) is 0 Å². The molecule has 1 atom stereocenters. The molecule has 0 aliphatic carbocycles. The first-order chi connectivity index (χ1) is 9.55. The van der Waals surface area contributed by atoms with Crippen molar-refractivity contribution in [1.29, 1.82) is 0 Å². The molecule has 0 fully saturated rings. The Bertz CT molecular complexity index is 556. The van der Waals surface area contributed by atoms with Crippen LogP contribution < -0.4 is 5.32 Å². The van der Waals surface area contributed by atoms with Gasteiger partial charge in [-0.3, -0.25) is 4.79 Å². The van der Waals surface area contributed by atoms with Crippen molar-refractivity contribution in [3.05, 3.63) is 52.6 Å². The number of thiophene rings is 1. The Balaban J connectivity index is 1.80. The van der Waals surface area contributed by atoms with Crippen LogP contribution in [-0.2, 0) is 11.2 Å². The fraction of sp³-hybridized carbons (Fsp3) is 0.267. The predicted octanol–water partition coefficient (Wildman–Crippen LogP) is 2.46. The Labute approximate surface area is 121 Å². The Morgan fingerprint density at radius 3 is 3.05 bits per heavy atom. The summed E-state index contributed by atoms with van der Waals surface area (Å²) in [6.45, 7) is 1.83. The van der Waals surface area contributed by atoms with Gasteiger partial charge in [-0.25, -0.2) is 0 Å². The van der Waals surface area contributed by atoms with Crippen molar-refractivity contribution in [2.75, 3.05) is 6.54 Å². The summed E-state index contributed by atoms with van der Waals surface area (Å²) in [6, 6.07) is 5.50. The second-order valence-electron chi connectivity index (χ2n) is 4.86. The molecule has 2 rings (SSSR count). The van der Waals surface area contributed by atoms with Gasteiger partial charge in [0, 0.05) is 19.0 Å². The molecule has 0 radical (unpaired) electrons. The minimum atomic E-state index is -1.04. The summed E-state index contributed by atoms with van der Waals surface area (Å²) >= 11 is 1.58. The lowest BCUT2D eigenvalue weighted by atomic mass is 10.0. The molecule has 0 saturated carbocycles. The van der Waals surface area contributed by atoms with Crippen molar-refractivity contribution in [3.63, 3.8) is 0 Å². The zero-order chi connectivity index (χ0) is 14.4. The molecule has 1 unspecified atom stereocenters. The fourth-order valence-corrected chi connectivity index (χ4v) is 2.36. The normalized spacial score (nSPS) is 14.3. The lowest BCUT2D eigenvalue weighted by Crippen LogP contribution is -2.41. The van der Waals surface area contributed by atoms with E-state index in [0.717, 1.165) is 5.56 Å². The van der Waals surface area contributed by atoms with Crippen molar-refractivity contribution >= 4 is 23.3 Å². The topological polar surface area (TPSA) is 62.5 Å². The second kappa shape index (κ2) is 6.54. The number of hydrogen-bond donors (Lipinski definition) is 2. The molecule has 2 aromatic rings. The maximum Gasteiger partial charge on any atom is 0.244 e. The highest BCUT2D eigenvalue weighted by Crippen LogP contribution is 2.12. The van der Waals surface area contributed by atoms with Crippen LogP contribution >= 0.6 is 11.3 Å². The van der Waals surface area contributed by atoms with Crippen LogP contribution in [0, 0.1) is 0 Å². The average molecular weight is 291 g/mol. The molecule has 5 heteroatoms. The zero-order valence-electron chi connectivity index (χ0n) is 11.2. The van der Waals surface area contributed by atoms with Crippen LogP contribution in [0.25, 0.3) is 6.08 Å². The van der Waals surface area contributed by atoms with Crippen molar-refractivity contribution < 1.29 is 14.3 Å². The molecule has 0 bridgehead atoms. The van der Waals surface area contributed by atoms with Gasteiger partial charge in [0.1, 0.15) is 5.76 Å². The van der Waals surface area contributed by atoms with Crippen LogP contribution in [0.15, 0.2) is 45.7 Å². The van der Waals surface area contributed by atoms with Crippen molar-refractivity contribution in [3.8, 4) is 0 Å². The summed E-state index contributed by atoms with van der Waals surface area (Å²) < 4.78 is 5.19. The predicted molar refractivity (Wildman–Crippen MR) is 79.4 cm³/mol. The van der Waals surface area contributed by atoms with E-state index in [-0.39, 0.29) is 12.5 Å². The first-order valence-electron chi connectivity index (χ1n) is 6.28. The third-order valence-corrected chi connectivity index (χ3v) is 3.45. The number of carbonyl (C=O) groups excluding carboxylic acids is 1.